The molecule has 6 rings (SSSR count). The van der Waals surface area contributed by atoms with Gasteiger partial charge in [0, 0.05) is 40.1 Å². The normalized spacial score (nSPS) is 10.5. The Morgan fingerprint density at radius 2 is 0.660 bits per heavy atom. The van der Waals surface area contributed by atoms with Gasteiger partial charge in [0.25, 0.3) is 0 Å². The number of carbonyl (C=O) groups excluding carboxylic acids is 2. The Hall–Kier alpha value is -3.96. The fraction of sp³-hybridized carbons (Fsp3) is 0.100. The third-order valence-electron chi connectivity index (χ3n) is 7.23. The monoisotopic (exact) mass is 918 g/mol. The first-order valence-corrected chi connectivity index (χ1v) is 18.7. The maximum absolute atomic E-state index is 12.3. The molecule has 50 heavy (non-hydrogen) atoms. The molecule has 0 aliphatic rings. The summed E-state index contributed by atoms with van der Waals surface area (Å²) in [7, 11) is 0. The van der Waals surface area contributed by atoms with Gasteiger partial charge in [-0.1, -0.05) is 112 Å². The van der Waals surface area contributed by atoms with Gasteiger partial charge in [0.1, 0.15) is 0 Å². The number of hydrogen-bond acceptors (Lipinski definition) is 6. The quantitative estimate of drug-likeness (QED) is 0.142. The standard InChI is InChI=1S/2C20H15Br2NO2/c2*1-2-25-20(24)15-11-18(13-3-7-16(21)8-4-13)23-19(12-15)14-5-9-17(22)10-6-14/h2*3-12H,2H2,1H3. The second kappa shape index (κ2) is 17.8. The Kier molecular flexibility index (Phi) is 13.3. The largest absolute Gasteiger partial charge is 0.462 e. The van der Waals surface area contributed by atoms with Crippen LogP contribution in [0.4, 0.5) is 0 Å². The van der Waals surface area contributed by atoms with Gasteiger partial charge in [0.05, 0.1) is 47.1 Å². The summed E-state index contributed by atoms with van der Waals surface area (Å²) in [5, 5.41) is 0. The number of halogens is 4. The molecule has 2 aromatic heterocycles. The van der Waals surface area contributed by atoms with Gasteiger partial charge >= 0.3 is 11.9 Å². The minimum atomic E-state index is -0.346. The average molecular weight is 922 g/mol. The summed E-state index contributed by atoms with van der Waals surface area (Å²) >= 11 is 13.7. The molecule has 0 radical (unpaired) electrons. The van der Waals surface area contributed by atoms with Crippen molar-refractivity contribution in [2.75, 3.05) is 13.2 Å². The molecule has 0 atom stereocenters. The van der Waals surface area contributed by atoms with E-state index < -0.39 is 0 Å². The minimum Gasteiger partial charge on any atom is -0.462 e. The smallest absolute Gasteiger partial charge is 0.338 e. The highest BCUT2D eigenvalue weighted by atomic mass is 79.9. The molecule has 10 heteroatoms. The van der Waals surface area contributed by atoms with Gasteiger partial charge in [-0.05, 0) is 86.6 Å². The van der Waals surface area contributed by atoms with E-state index in [9.17, 15) is 9.59 Å². The van der Waals surface area contributed by atoms with Crippen LogP contribution >= 0.6 is 63.7 Å². The lowest BCUT2D eigenvalue weighted by Crippen LogP contribution is -2.06. The van der Waals surface area contributed by atoms with Crippen LogP contribution < -0.4 is 0 Å². The number of esters is 2. The number of rotatable bonds is 8. The molecule has 0 spiro atoms. The van der Waals surface area contributed by atoms with Crippen LogP contribution in [-0.2, 0) is 9.47 Å². The van der Waals surface area contributed by atoms with Gasteiger partial charge in [-0.25, -0.2) is 19.6 Å². The summed E-state index contributed by atoms with van der Waals surface area (Å²) < 4.78 is 14.3. The third-order valence-corrected chi connectivity index (χ3v) is 9.35. The summed E-state index contributed by atoms with van der Waals surface area (Å²) in [5.41, 5.74) is 7.67. The molecule has 0 saturated heterocycles. The van der Waals surface area contributed by atoms with E-state index >= 15 is 0 Å². The van der Waals surface area contributed by atoms with E-state index in [1.807, 2.05) is 97.1 Å². The Labute approximate surface area is 324 Å². The van der Waals surface area contributed by atoms with Crippen molar-refractivity contribution in [1.29, 1.82) is 0 Å². The van der Waals surface area contributed by atoms with Crippen molar-refractivity contribution >= 4 is 75.7 Å². The fourth-order valence-electron chi connectivity index (χ4n) is 4.80. The SMILES string of the molecule is CCOC(=O)c1cc(-c2ccc(Br)cc2)nc(-c2ccc(Br)cc2)c1.CCOC(=O)c1cc(-c2ccc(Br)cc2)nc(-c2ccc(Br)cc2)c1. The highest BCUT2D eigenvalue weighted by Gasteiger charge is 2.15. The summed E-state index contributed by atoms with van der Waals surface area (Å²) in [6.07, 6.45) is 0. The summed E-state index contributed by atoms with van der Waals surface area (Å²) in [4.78, 5) is 34.0. The van der Waals surface area contributed by atoms with E-state index in [4.69, 9.17) is 19.4 Å². The van der Waals surface area contributed by atoms with E-state index in [1.54, 1.807) is 38.1 Å². The number of aromatic nitrogens is 2. The molecule has 0 saturated carbocycles. The Morgan fingerprint density at radius 1 is 0.440 bits per heavy atom. The molecule has 6 nitrogen and oxygen atoms in total. The van der Waals surface area contributed by atoms with Crippen molar-refractivity contribution in [3.05, 3.63) is 150 Å². The number of nitrogens with zero attached hydrogens (tertiary/aromatic N) is 2. The molecule has 0 N–H and O–H groups in total. The van der Waals surface area contributed by atoms with Crippen LogP contribution in [0, 0.1) is 0 Å². The van der Waals surface area contributed by atoms with Gasteiger partial charge in [0.2, 0.25) is 0 Å². The topological polar surface area (TPSA) is 78.4 Å². The van der Waals surface area contributed by atoms with E-state index in [2.05, 4.69) is 63.7 Å². The van der Waals surface area contributed by atoms with E-state index in [-0.39, 0.29) is 11.9 Å². The lowest BCUT2D eigenvalue weighted by molar-refractivity contribution is 0.0517. The first kappa shape index (κ1) is 37.3. The zero-order valence-corrected chi connectivity index (χ0v) is 33.3. The summed E-state index contributed by atoms with van der Waals surface area (Å²) in [6.45, 7) is 4.26. The highest BCUT2D eigenvalue weighted by Crippen LogP contribution is 2.29. The van der Waals surface area contributed by atoms with Gasteiger partial charge in [0.15, 0.2) is 0 Å². The molecule has 0 amide bonds. The molecule has 0 unspecified atom stereocenters. The van der Waals surface area contributed by atoms with Crippen molar-refractivity contribution in [2.45, 2.75) is 13.8 Å². The van der Waals surface area contributed by atoms with Crippen LogP contribution in [0.5, 0.6) is 0 Å². The van der Waals surface area contributed by atoms with E-state index in [0.29, 0.717) is 24.3 Å². The minimum absolute atomic E-state index is 0.336. The molecule has 6 aromatic rings. The zero-order chi connectivity index (χ0) is 35.6. The molecule has 4 aromatic carbocycles. The van der Waals surface area contributed by atoms with Crippen molar-refractivity contribution in [3.8, 4) is 45.0 Å². The first-order valence-electron chi connectivity index (χ1n) is 15.6. The molecule has 2 heterocycles. The van der Waals surface area contributed by atoms with Crippen molar-refractivity contribution in [3.63, 3.8) is 0 Å². The number of ether oxygens (including phenoxy) is 2. The summed E-state index contributed by atoms with van der Waals surface area (Å²) in [6, 6.07) is 38.4. The first-order chi connectivity index (χ1) is 24.1. The maximum Gasteiger partial charge on any atom is 0.338 e. The Balaban J connectivity index is 0.000000194. The van der Waals surface area contributed by atoms with Crippen LogP contribution in [-0.4, -0.2) is 35.1 Å². The predicted octanol–water partition coefficient (Wildman–Crippen LogP) is 12.2. The predicted molar refractivity (Wildman–Crippen MR) is 213 cm³/mol. The molecule has 0 aliphatic carbocycles. The van der Waals surface area contributed by atoms with Crippen LogP contribution in [0.2, 0.25) is 0 Å². The van der Waals surface area contributed by atoms with Crippen LogP contribution in [0.3, 0.4) is 0 Å². The molecular formula is C40H30Br4N2O4. The molecule has 0 bridgehead atoms. The van der Waals surface area contributed by atoms with E-state index in [1.165, 1.54) is 0 Å². The van der Waals surface area contributed by atoms with Crippen LogP contribution in [0.1, 0.15) is 34.6 Å². The number of pyridine rings is 2. The third kappa shape index (κ3) is 10.1. The number of benzene rings is 4. The Morgan fingerprint density at radius 3 is 0.860 bits per heavy atom. The number of carbonyl (C=O) groups is 2. The summed E-state index contributed by atoms with van der Waals surface area (Å²) in [5.74, 6) is -0.691. The van der Waals surface area contributed by atoms with Crippen LogP contribution in [0.15, 0.2) is 139 Å². The number of hydrogen-bond donors (Lipinski definition) is 0. The molecule has 0 aliphatic heterocycles. The average Bonchev–Trinajstić information content (AvgIpc) is 3.13. The van der Waals surface area contributed by atoms with Gasteiger partial charge in [-0.2, -0.15) is 0 Å². The van der Waals surface area contributed by atoms with Crippen molar-refractivity contribution in [2.24, 2.45) is 0 Å². The highest BCUT2D eigenvalue weighted by molar-refractivity contribution is 9.11. The lowest BCUT2D eigenvalue weighted by atomic mass is 10.0. The molecule has 0 fully saturated rings. The Bertz CT molecular complexity index is 1810. The van der Waals surface area contributed by atoms with Crippen LogP contribution in [0.25, 0.3) is 45.0 Å². The van der Waals surface area contributed by atoms with Crippen molar-refractivity contribution < 1.29 is 19.1 Å². The second-order valence-electron chi connectivity index (χ2n) is 10.7. The second-order valence-corrected chi connectivity index (χ2v) is 14.4. The molecular weight excluding hydrogens is 892 g/mol. The zero-order valence-electron chi connectivity index (χ0n) is 27.0. The lowest BCUT2D eigenvalue weighted by Gasteiger charge is -2.10. The fourth-order valence-corrected chi connectivity index (χ4v) is 5.86. The van der Waals surface area contributed by atoms with Gasteiger partial charge in [-0.3, -0.25) is 0 Å². The van der Waals surface area contributed by atoms with Crippen molar-refractivity contribution in [1.82, 2.24) is 9.97 Å². The van der Waals surface area contributed by atoms with E-state index in [0.717, 1.165) is 62.9 Å². The van der Waals surface area contributed by atoms with Gasteiger partial charge in [-0.15, -0.1) is 0 Å². The maximum atomic E-state index is 12.3. The molecule has 252 valence electrons. The van der Waals surface area contributed by atoms with Gasteiger partial charge < -0.3 is 9.47 Å².